The van der Waals surface area contributed by atoms with Crippen molar-refractivity contribution in [1.29, 1.82) is 0 Å². The van der Waals surface area contributed by atoms with Crippen LogP contribution in [-0.4, -0.2) is 108 Å². The smallest absolute Gasteiger partial charge is 0.293 e. The van der Waals surface area contributed by atoms with E-state index in [1.807, 2.05) is 37.4 Å². The van der Waals surface area contributed by atoms with Crippen LogP contribution in [-0.2, 0) is 37.8 Å². The average molecular weight is 950 g/mol. The molecule has 2 aliphatic carbocycles. The van der Waals surface area contributed by atoms with Crippen molar-refractivity contribution in [2.75, 3.05) is 64.6 Å². The molecule has 0 bridgehead atoms. The van der Waals surface area contributed by atoms with Gasteiger partial charge in [0.25, 0.3) is 11.5 Å². The lowest BCUT2D eigenvalue weighted by Crippen LogP contribution is -2.57. The molecule has 16 nitrogen and oxygen atoms in total. The van der Waals surface area contributed by atoms with E-state index in [4.69, 9.17) is 9.97 Å². The molecule has 2 saturated heterocycles. The van der Waals surface area contributed by atoms with Gasteiger partial charge in [0.2, 0.25) is 5.91 Å². The summed E-state index contributed by atoms with van der Waals surface area (Å²) in [6, 6.07) is 14.5. The summed E-state index contributed by atoms with van der Waals surface area (Å²) in [6.45, 7) is 17.5. The molecular weight excluding hydrogens is 883 g/mol. The predicted octanol–water partition coefficient (Wildman–Crippen LogP) is 6.77. The fourth-order valence-electron chi connectivity index (χ4n) is 11.9. The minimum atomic E-state index is -0.561. The summed E-state index contributed by atoms with van der Waals surface area (Å²) in [5, 5.41) is 27.6. The number of piperazine rings is 1. The van der Waals surface area contributed by atoms with Gasteiger partial charge < -0.3 is 39.8 Å². The number of hydrogen-bond acceptors (Lipinski definition) is 12. The van der Waals surface area contributed by atoms with Crippen molar-refractivity contribution in [3.05, 3.63) is 112 Å². The number of nitrogens with one attached hydrogen (secondary N) is 2. The molecule has 0 radical (unpaired) electrons. The van der Waals surface area contributed by atoms with Gasteiger partial charge in [0.1, 0.15) is 11.5 Å². The van der Waals surface area contributed by atoms with E-state index in [2.05, 4.69) is 74.4 Å². The van der Waals surface area contributed by atoms with Gasteiger partial charge in [0.15, 0.2) is 5.82 Å². The highest BCUT2D eigenvalue weighted by Gasteiger charge is 2.38. The Hall–Kier alpha value is -6.36. The van der Waals surface area contributed by atoms with Crippen molar-refractivity contribution in [2.45, 2.75) is 116 Å². The Labute approximate surface area is 410 Å². The van der Waals surface area contributed by atoms with Crippen LogP contribution in [0, 0.1) is 5.41 Å². The minimum Gasteiger partial charge on any atom is -0.392 e. The number of rotatable bonds is 11. The second-order valence-corrected chi connectivity index (χ2v) is 21.4. The number of piperidine rings is 1. The highest BCUT2D eigenvalue weighted by molar-refractivity contribution is 6.06. The lowest BCUT2D eigenvalue weighted by Gasteiger charge is -2.47. The third kappa shape index (κ3) is 9.24. The number of carbonyl (C=O) groups is 2. The summed E-state index contributed by atoms with van der Waals surface area (Å²) in [5.41, 5.74) is 8.11. The summed E-state index contributed by atoms with van der Waals surface area (Å²) >= 11 is 0. The van der Waals surface area contributed by atoms with Crippen LogP contribution in [0.25, 0.3) is 11.3 Å². The lowest BCUT2D eigenvalue weighted by atomic mass is 9.78. The van der Waals surface area contributed by atoms with E-state index in [1.54, 1.807) is 30.4 Å². The number of benzene rings is 1. The molecule has 2 amide bonds. The summed E-state index contributed by atoms with van der Waals surface area (Å²) in [7, 11) is 1.65. The molecule has 1 aromatic carbocycles. The molecule has 368 valence electrons. The van der Waals surface area contributed by atoms with E-state index < -0.39 is 12.2 Å². The molecule has 1 atom stereocenters. The first-order valence-electron chi connectivity index (χ1n) is 25.1. The molecule has 4 aromatic heterocycles. The molecule has 5 aromatic rings. The van der Waals surface area contributed by atoms with Gasteiger partial charge in [-0.05, 0) is 125 Å². The number of amides is 2. The number of pyridine rings is 2. The molecule has 16 heteroatoms. The number of aliphatic hydroxyl groups is 2. The molecule has 0 spiro atoms. The molecule has 5 aliphatic rings. The van der Waals surface area contributed by atoms with Gasteiger partial charge in [-0.1, -0.05) is 20.4 Å². The van der Waals surface area contributed by atoms with Crippen LogP contribution in [0.15, 0.2) is 78.5 Å². The van der Waals surface area contributed by atoms with Crippen LogP contribution in [0.1, 0.15) is 105 Å². The van der Waals surface area contributed by atoms with Gasteiger partial charge in [0, 0.05) is 123 Å². The number of nitrogens with zero attached hydrogens (tertiary/aromatic N) is 9. The quantitative estimate of drug-likeness (QED) is 0.102. The van der Waals surface area contributed by atoms with Gasteiger partial charge in [0.05, 0.1) is 29.3 Å². The Kier molecular flexibility index (Phi) is 12.7. The van der Waals surface area contributed by atoms with Crippen molar-refractivity contribution in [2.24, 2.45) is 12.5 Å². The molecule has 4 N–H and O–H groups in total. The molecule has 3 fully saturated rings. The molecule has 0 unspecified atom stereocenters. The van der Waals surface area contributed by atoms with Crippen molar-refractivity contribution in [3.63, 3.8) is 0 Å². The molecule has 3 aliphatic heterocycles. The lowest BCUT2D eigenvalue weighted by molar-refractivity contribution is -0.111. The summed E-state index contributed by atoms with van der Waals surface area (Å²) in [5.74, 6) is 0.309. The Bertz CT molecular complexity index is 2890. The maximum absolute atomic E-state index is 14.1. The van der Waals surface area contributed by atoms with Crippen LogP contribution in [0.5, 0.6) is 0 Å². The highest BCUT2D eigenvalue weighted by Crippen LogP contribution is 2.41. The SMILES string of the molecule is C=CC(=O)Nc1cc(Nc2nc(-c3ccnc(N4CCn5c(cc6c5CC(C)(C)C6)C4=O)c3CO)cn(C)c2=O)ccc1N1CCN(C2CCN(c3ccnc(C4CCC(C)(O)CC4)c3)CC2)C[C@@H]1C. The second-order valence-electron chi connectivity index (χ2n) is 21.4. The number of aryl methyl sites for hydroxylation is 1. The number of hydrogen-bond donors (Lipinski definition) is 4. The topological polar surface area (TPSA) is 177 Å². The highest BCUT2D eigenvalue weighted by atomic mass is 16.3. The number of aromatic nitrogens is 5. The monoisotopic (exact) mass is 950 g/mol. The van der Waals surface area contributed by atoms with E-state index in [-0.39, 0.29) is 34.6 Å². The van der Waals surface area contributed by atoms with Crippen molar-refractivity contribution in [3.8, 4) is 11.3 Å². The standard InChI is InChI=1S/C54H67N11O5/c1-7-48(67)58-43-27-37(8-9-45(43)63-23-22-62(31-34(63)2)38-14-20-61(21-15-38)39-12-18-55-42(28-39)35-10-16-54(5,70)17-11-35)57-49-52(69)60(6)32-44(59-49)40-13-19-56-50(41(40)33-66)65-25-24-64-46(51(65)68)26-36-29-53(3,4)30-47(36)64/h7-9,12-13,18-19,26-28,32,34-35,38,66,70H,1,10-11,14-17,20-25,29-31,33H2,2-6H3,(H,57,59)(H,58,67)/t34-,35?,54?/m0/s1. The summed E-state index contributed by atoms with van der Waals surface area (Å²) in [4.78, 5) is 64.0. The van der Waals surface area contributed by atoms with Crippen LogP contribution in [0.3, 0.4) is 0 Å². The molecule has 10 rings (SSSR count). The van der Waals surface area contributed by atoms with Crippen molar-refractivity contribution >= 4 is 46.2 Å². The van der Waals surface area contributed by atoms with E-state index in [1.165, 1.54) is 27.6 Å². The third-order valence-corrected chi connectivity index (χ3v) is 15.7. The largest absolute Gasteiger partial charge is 0.392 e. The van der Waals surface area contributed by atoms with Gasteiger partial charge in [-0.3, -0.25) is 29.2 Å². The first-order chi connectivity index (χ1) is 33.6. The van der Waals surface area contributed by atoms with Crippen molar-refractivity contribution in [1.82, 2.24) is 29.0 Å². The zero-order valence-corrected chi connectivity index (χ0v) is 41.2. The molecule has 1 saturated carbocycles. The second kappa shape index (κ2) is 18.8. The van der Waals surface area contributed by atoms with Crippen LogP contribution in [0.2, 0.25) is 0 Å². The summed E-state index contributed by atoms with van der Waals surface area (Å²) < 4.78 is 3.59. The van der Waals surface area contributed by atoms with Gasteiger partial charge in [-0.2, -0.15) is 0 Å². The molecule has 7 heterocycles. The van der Waals surface area contributed by atoms with Crippen LogP contribution >= 0.6 is 0 Å². The predicted molar refractivity (Wildman–Crippen MR) is 274 cm³/mol. The average Bonchev–Trinajstić information content (AvgIpc) is 3.85. The normalized spacial score (nSPS) is 22.7. The van der Waals surface area contributed by atoms with Crippen LogP contribution < -0.4 is 30.9 Å². The number of fused-ring (bicyclic) bond motifs is 3. The fraction of sp³-hybridized carbons (Fsp3) is 0.481. The molecular formula is C54H67N11O5. The van der Waals surface area contributed by atoms with Crippen LogP contribution in [0.4, 0.5) is 34.4 Å². The van der Waals surface area contributed by atoms with Gasteiger partial charge >= 0.3 is 0 Å². The third-order valence-electron chi connectivity index (χ3n) is 15.7. The Morgan fingerprint density at radius 1 is 0.929 bits per heavy atom. The van der Waals surface area contributed by atoms with Crippen molar-refractivity contribution < 1.29 is 19.8 Å². The number of aliphatic hydroxyl groups excluding tert-OH is 1. The zero-order valence-electron chi connectivity index (χ0n) is 41.2. The maximum Gasteiger partial charge on any atom is 0.293 e. The Morgan fingerprint density at radius 2 is 1.70 bits per heavy atom. The maximum atomic E-state index is 14.1. The Balaban J connectivity index is 0.829. The fourth-order valence-corrected chi connectivity index (χ4v) is 11.9. The first-order valence-corrected chi connectivity index (χ1v) is 25.1. The van der Waals surface area contributed by atoms with Gasteiger partial charge in [-0.15, -0.1) is 0 Å². The van der Waals surface area contributed by atoms with E-state index in [0.717, 1.165) is 95.5 Å². The number of carbonyl (C=O) groups excluding carboxylic acids is 2. The van der Waals surface area contributed by atoms with E-state index in [0.29, 0.717) is 64.8 Å². The summed E-state index contributed by atoms with van der Waals surface area (Å²) in [6.07, 6.45) is 14.0. The van der Waals surface area contributed by atoms with E-state index >= 15 is 0 Å². The minimum absolute atomic E-state index is 0.0529. The number of anilines is 6. The Morgan fingerprint density at radius 3 is 2.44 bits per heavy atom. The zero-order chi connectivity index (χ0) is 49.1. The van der Waals surface area contributed by atoms with E-state index in [9.17, 15) is 24.6 Å². The first kappa shape index (κ1) is 47.3. The molecule has 70 heavy (non-hydrogen) atoms. The van der Waals surface area contributed by atoms with Gasteiger partial charge in [-0.25, -0.2) is 9.97 Å².